The Labute approximate surface area is 140 Å². The number of rotatable bonds is 4. The molecule has 4 rings (SSSR count). The maximum atomic E-state index is 6.13. The van der Waals surface area contributed by atoms with Crippen LogP contribution >= 0.6 is 11.3 Å². The van der Waals surface area contributed by atoms with Gasteiger partial charge in [0, 0.05) is 17.6 Å². The second kappa shape index (κ2) is 6.09. The van der Waals surface area contributed by atoms with Crippen LogP contribution in [0.25, 0.3) is 10.6 Å². The van der Waals surface area contributed by atoms with Crippen LogP contribution in [-0.4, -0.2) is 47.4 Å². The molecule has 6 heteroatoms. The smallest absolute Gasteiger partial charge is 0.294 e. The monoisotopic (exact) mass is 331 g/mol. The third-order valence-electron chi connectivity index (χ3n) is 5.07. The molecule has 5 nitrogen and oxygen atoms in total. The van der Waals surface area contributed by atoms with Gasteiger partial charge in [0.1, 0.15) is 11.9 Å². The first-order chi connectivity index (χ1) is 11.2. The minimum atomic E-state index is 0.278. The van der Waals surface area contributed by atoms with Gasteiger partial charge in [-0.2, -0.15) is 0 Å². The summed E-state index contributed by atoms with van der Waals surface area (Å²) >= 11 is 1.52. The Morgan fingerprint density at radius 1 is 1.09 bits per heavy atom. The molecular weight excluding hydrogens is 310 g/mol. The molecule has 2 aliphatic heterocycles. The standard InChI is InChI=1S/C17H21N3O2S/c1-20-12-5-6-13(20)10-15(9-12)22-17-19-18-16(23-17)11-3-7-14(21-2)8-4-11/h3-4,7-8,12-13,15H,5-6,9-10H2,1-2H3. The van der Waals surface area contributed by atoms with Gasteiger partial charge in [0.05, 0.1) is 7.11 Å². The molecule has 0 spiro atoms. The fraction of sp³-hybridized carbons (Fsp3) is 0.529. The summed E-state index contributed by atoms with van der Waals surface area (Å²) in [4.78, 5) is 2.52. The summed E-state index contributed by atoms with van der Waals surface area (Å²) in [5, 5.41) is 10.1. The van der Waals surface area contributed by atoms with Gasteiger partial charge in [-0.25, -0.2) is 0 Å². The first-order valence-corrected chi connectivity index (χ1v) is 8.91. The van der Waals surface area contributed by atoms with Gasteiger partial charge in [0.25, 0.3) is 5.19 Å². The second-order valence-electron chi connectivity index (χ2n) is 6.36. The Kier molecular flexibility index (Phi) is 3.95. The van der Waals surface area contributed by atoms with Gasteiger partial charge >= 0.3 is 0 Å². The molecule has 0 aliphatic carbocycles. The van der Waals surface area contributed by atoms with Crippen LogP contribution in [0.1, 0.15) is 25.7 Å². The van der Waals surface area contributed by atoms with Gasteiger partial charge < -0.3 is 14.4 Å². The van der Waals surface area contributed by atoms with Gasteiger partial charge in [-0.15, -0.1) is 5.10 Å². The molecule has 0 saturated carbocycles. The van der Waals surface area contributed by atoms with E-state index in [1.165, 1.54) is 24.2 Å². The van der Waals surface area contributed by atoms with E-state index in [4.69, 9.17) is 9.47 Å². The molecule has 2 fully saturated rings. The van der Waals surface area contributed by atoms with Crippen molar-refractivity contribution in [2.75, 3.05) is 14.2 Å². The van der Waals surface area contributed by atoms with E-state index in [1.54, 1.807) is 7.11 Å². The van der Waals surface area contributed by atoms with Crippen LogP contribution < -0.4 is 9.47 Å². The predicted molar refractivity (Wildman–Crippen MR) is 90.1 cm³/mol. The maximum absolute atomic E-state index is 6.13. The highest BCUT2D eigenvalue weighted by atomic mass is 32.1. The van der Waals surface area contributed by atoms with Crippen molar-refractivity contribution >= 4 is 11.3 Å². The molecule has 0 N–H and O–H groups in total. The van der Waals surface area contributed by atoms with Crippen molar-refractivity contribution < 1.29 is 9.47 Å². The topological polar surface area (TPSA) is 47.5 Å². The molecule has 2 aromatic rings. The van der Waals surface area contributed by atoms with Crippen LogP contribution in [0.2, 0.25) is 0 Å². The molecule has 2 saturated heterocycles. The zero-order valence-corrected chi connectivity index (χ0v) is 14.3. The normalized spacial score (nSPS) is 27.1. The molecule has 3 heterocycles. The Balaban J connectivity index is 1.44. The van der Waals surface area contributed by atoms with Crippen molar-refractivity contribution in [1.29, 1.82) is 0 Å². The number of aromatic nitrogens is 2. The van der Waals surface area contributed by atoms with E-state index in [1.807, 2.05) is 24.3 Å². The van der Waals surface area contributed by atoms with Crippen molar-refractivity contribution in [3.8, 4) is 21.5 Å². The number of nitrogens with zero attached hydrogens (tertiary/aromatic N) is 3. The van der Waals surface area contributed by atoms with Gasteiger partial charge in [0.2, 0.25) is 0 Å². The summed E-state index contributed by atoms with van der Waals surface area (Å²) in [6, 6.07) is 9.22. The third kappa shape index (κ3) is 2.93. The van der Waals surface area contributed by atoms with Crippen LogP contribution in [-0.2, 0) is 0 Å². The fourth-order valence-electron chi connectivity index (χ4n) is 3.71. The Bertz CT molecular complexity index is 659. The quantitative estimate of drug-likeness (QED) is 0.861. The number of piperidine rings is 1. The third-order valence-corrected chi connectivity index (χ3v) is 5.93. The fourth-order valence-corrected chi connectivity index (χ4v) is 4.47. The summed E-state index contributed by atoms with van der Waals surface area (Å²) in [5.41, 5.74) is 1.04. The van der Waals surface area contributed by atoms with Crippen LogP contribution in [0.15, 0.2) is 24.3 Å². The number of ether oxygens (including phenoxy) is 2. The summed E-state index contributed by atoms with van der Waals surface area (Å²) in [7, 11) is 3.91. The van der Waals surface area contributed by atoms with Gasteiger partial charge in [-0.3, -0.25) is 0 Å². The van der Waals surface area contributed by atoms with Crippen molar-refractivity contribution in [3.05, 3.63) is 24.3 Å². The lowest BCUT2D eigenvalue weighted by Crippen LogP contribution is -2.43. The number of benzene rings is 1. The average Bonchev–Trinajstić information content (AvgIpc) is 3.09. The molecule has 122 valence electrons. The van der Waals surface area contributed by atoms with E-state index >= 15 is 0 Å². The largest absolute Gasteiger partial charge is 0.497 e. The van der Waals surface area contributed by atoms with Crippen molar-refractivity contribution in [3.63, 3.8) is 0 Å². The van der Waals surface area contributed by atoms with Gasteiger partial charge in [0.15, 0.2) is 5.01 Å². The predicted octanol–water partition coefficient (Wildman–Crippen LogP) is 3.22. The SMILES string of the molecule is COc1ccc(-c2nnc(OC3CC4CCC(C3)N4C)s2)cc1. The number of fused-ring (bicyclic) bond motifs is 2. The van der Waals surface area contributed by atoms with Gasteiger partial charge in [-0.1, -0.05) is 16.4 Å². The summed E-state index contributed by atoms with van der Waals surface area (Å²) < 4.78 is 11.3. The number of methoxy groups -OCH3 is 1. The highest BCUT2D eigenvalue weighted by Gasteiger charge is 2.39. The molecular formula is C17H21N3O2S. The molecule has 2 bridgehead atoms. The molecule has 1 aromatic heterocycles. The maximum Gasteiger partial charge on any atom is 0.294 e. The van der Waals surface area contributed by atoms with Crippen molar-refractivity contribution in [2.45, 2.75) is 43.9 Å². The zero-order chi connectivity index (χ0) is 15.8. The van der Waals surface area contributed by atoms with E-state index < -0.39 is 0 Å². The zero-order valence-electron chi connectivity index (χ0n) is 13.4. The molecule has 1 aromatic carbocycles. The van der Waals surface area contributed by atoms with E-state index in [-0.39, 0.29) is 6.10 Å². The molecule has 0 amide bonds. The lowest BCUT2D eigenvalue weighted by molar-refractivity contribution is 0.0655. The van der Waals surface area contributed by atoms with E-state index in [0.717, 1.165) is 29.2 Å². The van der Waals surface area contributed by atoms with Crippen molar-refractivity contribution in [1.82, 2.24) is 15.1 Å². The number of hydrogen-bond donors (Lipinski definition) is 0. The first kappa shape index (κ1) is 14.9. The highest BCUT2D eigenvalue weighted by Crippen LogP contribution is 2.37. The molecule has 2 atom stereocenters. The number of hydrogen-bond acceptors (Lipinski definition) is 6. The second-order valence-corrected chi connectivity index (χ2v) is 7.30. The Morgan fingerprint density at radius 3 is 2.43 bits per heavy atom. The van der Waals surface area contributed by atoms with E-state index in [9.17, 15) is 0 Å². The van der Waals surface area contributed by atoms with Crippen LogP contribution in [0.3, 0.4) is 0 Å². The van der Waals surface area contributed by atoms with Gasteiger partial charge in [-0.05, 0) is 57.0 Å². The van der Waals surface area contributed by atoms with Crippen LogP contribution in [0, 0.1) is 0 Å². The van der Waals surface area contributed by atoms with E-state index in [0.29, 0.717) is 17.3 Å². The minimum absolute atomic E-state index is 0.278. The highest BCUT2D eigenvalue weighted by molar-refractivity contribution is 7.16. The first-order valence-electron chi connectivity index (χ1n) is 8.09. The van der Waals surface area contributed by atoms with E-state index in [2.05, 4.69) is 22.1 Å². The molecule has 2 unspecified atom stereocenters. The lowest BCUT2D eigenvalue weighted by Gasteiger charge is -2.35. The molecule has 2 aliphatic rings. The Hall–Kier alpha value is -1.66. The van der Waals surface area contributed by atoms with Crippen LogP contribution in [0.5, 0.6) is 10.9 Å². The lowest BCUT2D eigenvalue weighted by atomic mass is 10.0. The minimum Gasteiger partial charge on any atom is -0.497 e. The van der Waals surface area contributed by atoms with Crippen LogP contribution in [0.4, 0.5) is 0 Å². The molecule has 0 radical (unpaired) electrons. The molecule has 23 heavy (non-hydrogen) atoms. The van der Waals surface area contributed by atoms with Crippen molar-refractivity contribution in [2.24, 2.45) is 0 Å². The average molecular weight is 331 g/mol. The summed E-state index contributed by atoms with van der Waals surface area (Å²) in [5.74, 6) is 0.844. The summed E-state index contributed by atoms with van der Waals surface area (Å²) in [6.45, 7) is 0. The summed E-state index contributed by atoms with van der Waals surface area (Å²) in [6.07, 6.45) is 5.08. The Morgan fingerprint density at radius 2 is 1.78 bits per heavy atom.